The Bertz CT molecular complexity index is 674. The Morgan fingerprint density at radius 2 is 2.09 bits per heavy atom. The van der Waals surface area contributed by atoms with Crippen LogP contribution < -0.4 is 5.32 Å². The predicted molar refractivity (Wildman–Crippen MR) is 89.8 cm³/mol. The highest BCUT2D eigenvalue weighted by atomic mass is 32.2. The molecule has 1 aromatic carbocycles. The van der Waals surface area contributed by atoms with Crippen LogP contribution in [-0.4, -0.2) is 49.4 Å². The van der Waals surface area contributed by atoms with Crippen LogP contribution in [-0.2, 0) is 14.6 Å². The summed E-state index contributed by atoms with van der Waals surface area (Å²) >= 11 is 0. The van der Waals surface area contributed by atoms with Crippen molar-refractivity contribution < 1.29 is 13.2 Å². The van der Waals surface area contributed by atoms with Crippen molar-refractivity contribution in [3.63, 3.8) is 0 Å². The van der Waals surface area contributed by atoms with Gasteiger partial charge in [-0.05, 0) is 38.3 Å². The first kappa shape index (κ1) is 16.5. The van der Waals surface area contributed by atoms with Crippen molar-refractivity contribution in [1.82, 2.24) is 10.2 Å². The highest BCUT2D eigenvalue weighted by molar-refractivity contribution is 7.91. The highest BCUT2D eigenvalue weighted by Gasteiger charge is 2.40. The lowest BCUT2D eigenvalue weighted by Crippen LogP contribution is -2.50. The minimum absolute atomic E-state index is 0.0495. The second-order valence-corrected chi connectivity index (χ2v) is 9.17. The van der Waals surface area contributed by atoms with Crippen molar-refractivity contribution in [3.05, 3.63) is 35.9 Å². The zero-order valence-electron chi connectivity index (χ0n) is 13.5. The standard InChI is InChI=1S/C17H24N2O3S/c1-17(9-11-23(21,22)13-17)18-16(20)12-19-10-5-8-15(19)14-6-3-2-4-7-14/h2-4,6-7,15H,5,8-13H2,1H3,(H,18,20)/t15-,17-/m1/s1. The Morgan fingerprint density at radius 1 is 1.35 bits per heavy atom. The first-order chi connectivity index (χ1) is 10.9. The molecule has 0 aliphatic carbocycles. The molecule has 0 bridgehead atoms. The van der Waals surface area contributed by atoms with Gasteiger partial charge in [0.05, 0.1) is 23.6 Å². The van der Waals surface area contributed by atoms with E-state index in [2.05, 4.69) is 22.3 Å². The Balaban J connectivity index is 1.61. The molecule has 2 atom stereocenters. The molecular formula is C17H24N2O3S. The number of hydrogen-bond acceptors (Lipinski definition) is 4. The smallest absolute Gasteiger partial charge is 0.234 e. The van der Waals surface area contributed by atoms with Gasteiger partial charge in [0.15, 0.2) is 9.84 Å². The van der Waals surface area contributed by atoms with Gasteiger partial charge in [-0.2, -0.15) is 0 Å². The molecule has 2 saturated heterocycles. The number of nitrogens with zero attached hydrogens (tertiary/aromatic N) is 1. The summed E-state index contributed by atoms with van der Waals surface area (Å²) in [6.45, 7) is 3.06. The van der Waals surface area contributed by atoms with E-state index in [1.165, 1.54) is 5.56 Å². The van der Waals surface area contributed by atoms with Crippen molar-refractivity contribution >= 4 is 15.7 Å². The van der Waals surface area contributed by atoms with Crippen molar-refractivity contribution in [1.29, 1.82) is 0 Å². The van der Waals surface area contributed by atoms with E-state index in [9.17, 15) is 13.2 Å². The maximum atomic E-state index is 12.4. The van der Waals surface area contributed by atoms with Gasteiger partial charge in [-0.1, -0.05) is 30.3 Å². The summed E-state index contributed by atoms with van der Waals surface area (Å²) in [5, 5.41) is 2.95. The number of nitrogens with one attached hydrogen (secondary N) is 1. The molecule has 1 amide bonds. The van der Waals surface area contributed by atoms with Crippen LogP contribution in [0.3, 0.4) is 0 Å². The van der Waals surface area contributed by atoms with Crippen LogP contribution in [0.25, 0.3) is 0 Å². The topological polar surface area (TPSA) is 66.5 Å². The van der Waals surface area contributed by atoms with Crippen LogP contribution in [0.15, 0.2) is 30.3 Å². The SMILES string of the molecule is C[C@@]1(NC(=O)CN2CCC[C@@H]2c2ccccc2)CCS(=O)(=O)C1. The first-order valence-electron chi connectivity index (χ1n) is 8.17. The number of amides is 1. The van der Waals surface area contributed by atoms with Crippen LogP contribution in [0.1, 0.15) is 37.8 Å². The number of carbonyl (C=O) groups excluding carboxylic acids is 1. The van der Waals surface area contributed by atoms with E-state index in [4.69, 9.17) is 0 Å². The fourth-order valence-corrected chi connectivity index (χ4v) is 5.83. The number of benzene rings is 1. The van der Waals surface area contributed by atoms with E-state index >= 15 is 0 Å². The average molecular weight is 336 g/mol. The van der Waals surface area contributed by atoms with E-state index in [1.54, 1.807) is 0 Å². The second kappa shape index (κ2) is 6.24. The van der Waals surface area contributed by atoms with Crippen molar-refractivity contribution in [2.24, 2.45) is 0 Å². The summed E-state index contributed by atoms with van der Waals surface area (Å²) < 4.78 is 23.3. The van der Waals surface area contributed by atoms with Crippen LogP contribution in [0, 0.1) is 0 Å². The van der Waals surface area contributed by atoms with Gasteiger partial charge in [0.25, 0.3) is 0 Å². The van der Waals surface area contributed by atoms with Gasteiger partial charge in [0.2, 0.25) is 5.91 Å². The van der Waals surface area contributed by atoms with Gasteiger partial charge >= 0.3 is 0 Å². The molecule has 0 radical (unpaired) electrons. The van der Waals surface area contributed by atoms with Crippen molar-refractivity contribution in [2.75, 3.05) is 24.6 Å². The molecule has 3 rings (SSSR count). The molecule has 2 heterocycles. The summed E-state index contributed by atoms with van der Waals surface area (Å²) in [7, 11) is -3.01. The van der Waals surface area contributed by atoms with Crippen LogP contribution in [0.5, 0.6) is 0 Å². The predicted octanol–water partition coefficient (Wildman–Crippen LogP) is 1.52. The second-order valence-electron chi connectivity index (χ2n) is 6.99. The minimum Gasteiger partial charge on any atom is -0.349 e. The number of rotatable bonds is 4. The monoisotopic (exact) mass is 336 g/mol. The van der Waals surface area contributed by atoms with Gasteiger partial charge in [0.1, 0.15) is 0 Å². The van der Waals surface area contributed by atoms with Crippen molar-refractivity contribution in [2.45, 2.75) is 37.8 Å². The maximum Gasteiger partial charge on any atom is 0.234 e. The lowest BCUT2D eigenvalue weighted by Gasteiger charge is -2.28. The summed E-state index contributed by atoms with van der Waals surface area (Å²) in [5.74, 6) is 0.140. The number of carbonyl (C=O) groups is 1. The Labute approximate surface area is 138 Å². The molecule has 126 valence electrons. The molecule has 0 aromatic heterocycles. The van der Waals surface area contributed by atoms with Crippen LogP contribution in [0.4, 0.5) is 0 Å². The summed E-state index contributed by atoms with van der Waals surface area (Å²) in [4.78, 5) is 14.6. The Morgan fingerprint density at radius 3 is 2.74 bits per heavy atom. The largest absolute Gasteiger partial charge is 0.349 e. The van der Waals surface area contributed by atoms with Gasteiger partial charge in [-0.25, -0.2) is 8.42 Å². The summed E-state index contributed by atoms with van der Waals surface area (Å²) in [6.07, 6.45) is 2.64. The van der Waals surface area contributed by atoms with E-state index < -0.39 is 15.4 Å². The number of likely N-dealkylation sites (tertiary alicyclic amines) is 1. The molecule has 2 fully saturated rings. The molecule has 1 N–H and O–H groups in total. The third-order valence-corrected chi connectivity index (χ3v) is 6.74. The molecule has 1 aromatic rings. The summed E-state index contributed by atoms with van der Waals surface area (Å²) in [6, 6.07) is 10.5. The van der Waals surface area contributed by atoms with E-state index in [1.807, 2.05) is 25.1 Å². The zero-order valence-corrected chi connectivity index (χ0v) is 14.3. The van der Waals surface area contributed by atoms with Gasteiger partial charge in [-0.15, -0.1) is 0 Å². The van der Waals surface area contributed by atoms with Gasteiger partial charge < -0.3 is 5.32 Å². The Hall–Kier alpha value is -1.40. The maximum absolute atomic E-state index is 12.4. The van der Waals surface area contributed by atoms with Gasteiger partial charge in [-0.3, -0.25) is 9.69 Å². The molecule has 6 heteroatoms. The molecule has 0 unspecified atom stereocenters. The van der Waals surface area contributed by atoms with E-state index in [0.29, 0.717) is 13.0 Å². The Kier molecular flexibility index (Phi) is 4.47. The molecule has 23 heavy (non-hydrogen) atoms. The lowest BCUT2D eigenvalue weighted by molar-refractivity contribution is -0.124. The van der Waals surface area contributed by atoms with Crippen LogP contribution in [0.2, 0.25) is 0 Å². The number of sulfone groups is 1. The first-order valence-corrected chi connectivity index (χ1v) is 10.00. The normalized spacial score (nSPS) is 30.4. The molecule has 5 nitrogen and oxygen atoms in total. The quantitative estimate of drug-likeness (QED) is 0.905. The zero-order chi connectivity index (χ0) is 16.5. The number of hydrogen-bond donors (Lipinski definition) is 1. The van der Waals surface area contributed by atoms with E-state index in [0.717, 1.165) is 19.4 Å². The fraction of sp³-hybridized carbons (Fsp3) is 0.588. The fourth-order valence-electron chi connectivity index (χ4n) is 3.74. The average Bonchev–Trinajstić information content (AvgIpc) is 3.04. The third-order valence-electron chi connectivity index (χ3n) is 4.84. The summed E-state index contributed by atoms with van der Waals surface area (Å²) in [5.41, 5.74) is 0.630. The molecular weight excluding hydrogens is 312 g/mol. The van der Waals surface area contributed by atoms with Crippen molar-refractivity contribution in [3.8, 4) is 0 Å². The molecule has 2 aliphatic heterocycles. The van der Waals surface area contributed by atoms with E-state index in [-0.39, 0.29) is 23.5 Å². The van der Waals surface area contributed by atoms with Crippen LogP contribution >= 0.6 is 0 Å². The molecule has 0 saturated carbocycles. The molecule has 2 aliphatic rings. The lowest BCUT2D eigenvalue weighted by atomic mass is 10.0. The molecule has 0 spiro atoms. The van der Waals surface area contributed by atoms with Gasteiger partial charge in [0, 0.05) is 6.04 Å². The minimum atomic E-state index is -3.01. The third kappa shape index (κ3) is 3.93. The highest BCUT2D eigenvalue weighted by Crippen LogP contribution is 2.31.